The van der Waals surface area contributed by atoms with E-state index in [4.69, 9.17) is 0 Å². The second kappa shape index (κ2) is 11.0. The van der Waals surface area contributed by atoms with Crippen LogP contribution in [0.2, 0.25) is 0 Å². The summed E-state index contributed by atoms with van der Waals surface area (Å²) >= 11 is 0. The van der Waals surface area contributed by atoms with Gasteiger partial charge in [-0.1, -0.05) is 61.4 Å². The number of fused-ring (bicyclic) bond motifs is 2. The molecular formula is C30H37NO5. The van der Waals surface area contributed by atoms with Crippen LogP contribution in [-0.2, 0) is 9.59 Å². The summed E-state index contributed by atoms with van der Waals surface area (Å²) in [6.45, 7) is 6.07. The lowest BCUT2D eigenvalue weighted by Crippen LogP contribution is -2.38. The molecule has 0 saturated carbocycles. The third-order valence-electron chi connectivity index (χ3n) is 7.91. The maximum atomic E-state index is 13.1. The Balaban J connectivity index is 1.55. The zero-order valence-electron chi connectivity index (χ0n) is 21.4. The Morgan fingerprint density at radius 3 is 2.50 bits per heavy atom. The molecule has 1 aliphatic heterocycles. The highest BCUT2D eigenvalue weighted by molar-refractivity contribution is 6.05. The van der Waals surface area contributed by atoms with Crippen LogP contribution in [0.25, 0.3) is 16.8 Å². The number of nitrogens with zero attached hydrogens (tertiary/aromatic N) is 1. The monoisotopic (exact) mass is 491 g/mol. The predicted molar refractivity (Wildman–Crippen MR) is 141 cm³/mol. The van der Waals surface area contributed by atoms with Crippen LogP contribution in [-0.4, -0.2) is 51.3 Å². The molecule has 6 heteroatoms. The number of carbonyl (C=O) groups excluding carboxylic acids is 2. The van der Waals surface area contributed by atoms with Gasteiger partial charge in [-0.05, 0) is 61.6 Å². The zero-order chi connectivity index (χ0) is 26.0. The summed E-state index contributed by atoms with van der Waals surface area (Å²) in [5.41, 5.74) is 3.82. The fraction of sp³-hybridized carbons (Fsp3) is 0.467. The Morgan fingerprint density at radius 2 is 1.83 bits per heavy atom. The molecule has 1 aliphatic carbocycles. The summed E-state index contributed by atoms with van der Waals surface area (Å²) in [6, 6.07) is 11.4. The van der Waals surface area contributed by atoms with E-state index in [0.717, 1.165) is 33.9 Å². The fourth-order valence-electron chi connectivity index (χ4n) is 6.11. The number of phenols is 1. The van der Waals surface area contributed by atoms with Gasteiger partial charge in [-0.15, -0.1) is 0 Å². The fourth-order valence-corrected chi connectivity index (χ4v) is 6.11. The van der Waals surface area contributed by atoms with Crippen molar-refractivity contribution in [3.63, 3.8) is 0 Å². The molecule has 1 fully saturated rings. The Morgan fingerprint density at radius 1 is 1.11 bits per heavy atom. The zero-order valence-corrected chi connectivity index (χ0v) is 21.4. The van der Waals surface area contributed by atoms with Gasteiger partial charge in [0.25, 0.3) is 0 Å². The van der Waals surface area contributed by atoms with Crippen molar-refractivity contribution in [3.05, 3.63) is 58.7 Å². The third-order valence-corrected chi connectivity index (χ3v) is 7.91. The Hall–Kier alpha value is -2.96. The van der Waals surface area contributed by atoms with Crippen LogP contribution >= 0.6 is 0 Å². The first-order valence-electron chi connectivity index (χ1n) is 13.1. The summed E-state index contributed by atoms with van der Waals surface area (Å²) < 4.78 is 0. The molecule has 192 valence electrons. The number of likely N-dealkylation sites (tertiary alicyclic amines) is 1. The van der Waals surface area contributed by atoms with Gasteiger partial charge in [0.15, 0.2) is 0 Å². The van der Waals surface area contributed by atoms with E-state index in [1.165, 1.54) is 10.5 Å². The van der Waals surface area contributed by atoms with E-state index in [9.17, 15) is 24.9 Å². The number of amides is 2. The maximum Gasteiger partial charge on any atom is 0.233 e. The van der Waals surface area contributed by atoms with Gasteiger partial charge in [-0.2, -0.15) is 0 Å². The molecule has 4 atom stereocenters. The second-order valence-corrected chi connectivity index (χ2v) is 10.1. The van der Waals surface area contributed by atoms with Crippen molar-refractivity contribution in [1.82, 2.24) is 4.90 Å². The van der Waals surface area contributed by atoms with E-state index >= 15 is 0 Å². The quantitative estimate of drug-likeness (QED) is 0.345. The average molecular weight is 492 g/mol. The van der Waals surface area contributed by atoms with E-state index in [0.29, 0.717) is 32.2 Å². The lowest BCUT2D eigenvalue weighted by molar-refractivity contribution is -0.140. The lowest BCUT2D eigenvalue weighted by atomic mass is 9.68. The van der Waals surface area contributed by atoms with E-state index in [1.54, 1.807) is 6.07 Å². The van der Waals surface area contributed by atoms with Crippen LogP contribution in [0.3, 0.4) is 0 Å². The van der Waals surface area contributed by atoms with Gasteiger partial charge in [-0.3, -0.25) is 14.5 Å². The minimum atomic E-state index is -0.794. The normalized spacial score (nSPS) is 23.5. The number of rotatable bonds is 9. The third kappa shape index (κ3) is 4.72. The van der Waals surface area contributed by atoms with Crippen molar-refractivity contribution < 1.29 is 24.9 Å². The van der Waals surface area contributed by atoms with E-state index in [2.05, 4.69) is 13.0 Å². The molecule has 2 aromatic rings. The molecule has 0 bridgehead atoms. The molecule has 4 rings (SSSR count). The van der Waals surface area contributed by atoms with Crippen LogP contribution in [0, 0.1) is 17.8 Å². The lowest BCUT2D eigenvalue weighted by Gasteiger charge is -2.35. The molecule has 0 unspecified atom stereocenters. The Labute approximate surface area is 212 Å². The number of aromatic hydroxyl groups is 1. The minimum Gasteiger partial charge on any atom is -0.507 e. The molecule has 1 saturated heterocycles. The molecule has 1 heterocycles. The van der Waals surface area contributed by atoms with E-state index in [-0.39, 0.29) is 24.2 Å². The molecular weight excluding hydrogens is 454 g/mol. The number of hydrogen-bond donors (Lipinski definition) is 3. The molecule has 2 amide bonds. The van der Waals surface area contributed by atoms with Crippen molar-refractivity contribution in [2.75, 3.05) is 13.2 Å². The molecule has 6 nitrogen and oxygen atoms in total. The molecule has 3 N–H and O–H groups in total. The van der Waals surface area contributed by atoms with Gasteiger partial charge >= 0.3 is 0 Å². The van der Waals surface area contributed by atoms with Gasteiger partial charge < -0.3 is 15.3 Å². The topological polar surface area (TPSA) is 98.1 Å². The van der Waals surface area contributed by atoms with Crippen molar-refractivity contribution >= 4 is 28.7 Å². The summed E-state index contributed by atoms with van der Waals surface area (Å²) in [5, 5.41) is 33.5. The summed E-state index contributed by atoms with van der Waals surface area (Å²) in [7, 11) is 0. The number of imide groups is 1. The Bertz CT molecular complexity index is 1210. The van der Waals surface area contributed by atoms with Crippen molar-refractivity contribution in [2.24, 2.45) is 17.8 Å². The summed E-state index contributed by atoms with van der Waals surface area (Å²) in [5.74, 6) is -1.67. The molecule has 0 spiro atoms. The molecule has 2 aromatic carbocycles. The van der Waals surface area contributed by atoms with E-state index in [1.807, 2.05) is 44.2 Å². The number of carbonyl (C=O) groups is 2. The largest absolute Gasteiger partial charge is 0.507 e. The minimum absolute atomic E-state index is 0.143. The first kappa shape index (κ1) is 26.1. The van der Waals surface area contributed by atoms with Gasteiger partial charge in [-0.25, -0.2) is 0 Å². The number of allylic oxidation sites excluding steroid dienone is 2. The smallest absolute Gasteiger partial charge is 0.233 e. The summed E-state index contributed by atoms with van der Waals surface area (Å²) in [4.78, 5) is 27.3. The first-order valence-corrected chi connectivity index (χ1v) is 13.1. The van der Waals surface area contributed by atoms with Crippen LogP contribution in [0.1, 0.15) is 58.4 Å². The van der Waals surface area contributed by atoms with Crippen molar-refractivity contribution in [1.29, 1.82) is 0 Å². The highest BCUT2D eigenvalue weighted by Crippen LogP contribution is 2.46. The molecule has 0 aromatic heterocycles. The van der Waals surface area contributed by atoms with Crippen LogP contribution in [0.4, 0.5) is 0 Å². The standard InChI is InChI=1S/C30H37NO5/c1-4-14-31-29(35)23-15-18(3)27(24(17-32)28(23)30(31)36)26(34)12-10-19(5-2)16-20-11-13-25(33)22-9-7-6-8-21(20)22/h6-9,11,13,16,23-24,26,28,32-34H,4-5,10,12,14-15,17H2,1-3H3/b19-16+/t23-,24+,26-,28-/m1/s1. The number of benzene rings is 2. The molecule has 36 heavy (non-hydrogen) atoms. The maximum absolute atomic E-state index is 13.1. The van der Waals surface area contributed by atoms with Crippen molar-refractivity contribution in [3.8, 4) is 5.75 Å². The van der Waals surface area contributed by atoms with E-state index < -0.39 is 23.9 Å². The first-order chi connectivity index (χ1) is 17.3. The second-order valence-electron chi connectivity index (χ2n) is 10.1. The number of hydrogen-bond acceptors (Lipinski definition) is 5. The summed E-state index contributed by atoms with van der Waals surface area (Å²) in [6.07, 6.45) is 4.42. The predicted octanol–water partition coefficient (Wildman–Crippen LogP) is 4.82. The van der Waals surface area contributed by atoms with Crippen LogP contribution in [0.15, 0.2) is 53.1 Å². The number of aliphatic hydroxyl groups excluding tert-OH is 2. The van der Waals surface area contributed by atoms with Crippen LogP contribution in [0.5, 0.6) is 5.75 Å². The van der Waals surface area contributed by atoms with Crippen molar-refractivity contribution in [2.45, 2.75) is 59.0 Å². The highest BCUT2D eigenvalue weighted by atomic mass is 16.3. The van der Waals surface area contributed by atoms with Gasteiger partial charge in [0.1, 0.15) is 5.75 Å². The highest BCUT2D eigenvalue weighted by Gasteiger charge is 2.54. The Kier molecular flexibility index (Phi) is 7.96. The van der Waals surface area contributed by atoms with Gasteiger partial charge in [0.2, 0.25) is 11.8 Å². The molecule has 0 radical (unpaired) electrons. The van der Waals surface area contributed by atoms with Crippen LogP contribution < -0.4 is 0 Å². The van der Waals surface area contributed by atoms with Gasteiger partial charge in [0.05, 0.1) is 24.5 Å². The number of phenolic OH excluding ortho intramolecular Hbond substituents is 1. The SMILES string of the molecule is CCCN1C(=O)[C@@H]2[C@@H](CC(C)=C([C@H](O)CC/C(=C/c3ccc(O)c4ccccc34)CC)[C@@H]2CO)C1=O. The average Bonchev–Trinajstić information content (AvgIpc) is 3.11. The molecule has 2 aliphatic rings. The number of aliphatic hydroxyl groups is 2. The van der Waals surface area contributed by atoms with Gasteiger partial charge in [0, 0.05) is 17.8 Å².